The summed E-state index contributed by atoms with van der Waals surface area (Å²) in [6.07, 6.45) is 3.36. The van der Waals surface area contributed by atoms with Crippen molar-refractivity contribution < 1.29 is 9.53 Å². The Hall–Kier alpha value is -1.02. The van der Waals surface area contributed by atoms with Crippen molar-refractivity contribution in [1.82, 2.24) is 0 Å². The predicted molar refractivity (Wildman–Crippen MR) is 71.7 cm³/mol. The van der Waals surface area contributed by atoms with E-state index in [-0.39, 0.29) is 11.2 Å². The molecule has 2 nitrogen and oxygen atoms in total. The van der Waals surface area contributed by atoms with Crippen LogP contribution in [0.4, 0.5) is 0 Å². The summed E-state index contributed by atoms with van der Waals surface area (Å²) in [7, 11) is 0. The van der Waals surface area contributed by atoms with Gasteiger partial charge in [0.15, 0.2) is 5.78 Å². The van der Waals surface area contributed by atoms with Gasteiger partial charge in [0.05, 0.1) is 11.6 Å². The lowest BCUT2D eigenvalue weighted by molar-refractivity contribution is 0.0934. The molecule has 0 saturated carbocycles. The number of ketones is 1. The molecule has 0 unspecified atom stereocenters. The molecule has 0 aromatic heterocycles. The minimum Gasteiger partial charge on any atom is -0.493 e. The van der Waals surface area contributed by atoms with Crippen LogP contribution in [-0.2, 0) is 12.8 Å². The van der Waals surface area contributed by atoms with Crippen LogP contribution in [0.5, 0.6) is 5.75 Å². The average Bonchev–Trinajstić information content (AvgIpc) is 2.67. The number of Topliss-reactive ketones (excluding diaryl/α,β-unsaturated/α-hetero) is 1. The molecule has 0 atom stereocenters. The minimum absolute atomic E-state index is 0.0465. The lowest BCUT2D eigenvalue weighted by atomic mass is 9.84. The van der Waals surface area contributed by atoms with Crippen LogP contribution in [0.25, 0.3) is 0 Å². The highest BCUT2D eigenvalue weighted by Crippen LogP contribution is 2.43. The van der Waals surface area contributed by atoms with Gasteiger partial charge in [-0.3, -0.25) is 4.79 Å². The topological polar surface area (TPSA) is 26.3 Å². The van der Waals surface area contributed by atoms with E-state index in [2.05, 4.69) is 13.8 Å². The first-order valence-electron chi connectivity index (χ1n) is 6.48. The van der Waals surface area contributed by atoms with Crippen molar-refractivity contribution in [1.29, 1.82) is 0 Å². The molecular weight excluding hydrogens is 248 g/mol. The molecule has 0 bridgehead atoms. The van der Waals surface area contributed by atoms with E-state index in [9.17, 15) is 4.79 Å². The molecule has 96 valence electrons. The van der Waals surface area contributed by atoms with Gasteiger partial charge >= 0.3 is 0 Å². The second kappa shape index (κ2) is 3.99. The Bertz CT molecular complexity index is 532. The fraction of sp³-hybridized carbons (Fsp3) is 0.533. The van der Waals surface area contributed by atoms with Crippen molar-refractivity contribution in [2.75, 3.05) is 6.61 Å². The third kappa shape index (κ3) is 1.83. The summed E-state index contributed by atoms with van der Waals surface area (Å²) < 4.78 is 5.71. The zero-order valence-corrected chi connectivity index (χ0v) is 11.6. The highest BCUT2D eigenvalue weighted by molar-refractivity contribution is 6.34. The standard InChI is InChI=1S/C15H17ClO2/c1-15(2)5-3-10-13(12(17)8-15)11(16)7-9-4-6-18-14(9)10/h7H,3-6,8H2,1-2H3. The largest absolute Gasteiger partial charge is 0.493 e. The van der Waals surface area contributed by atoms with Crippen molar-refractivity contribution in [2.45, 2.75) is 39.5 Å². The number of benzene rings is 1. The number of fused-ring (bicyclic) bond motifs is 3. The van der Waals surface area contributed by atoms with E-state index >= 15 is 0 Å². The first kappa shape index (κ1) is 12.0. The Balaban J connectivity index is 2.18. The van der Waals surface area contributed by atoms with Crippen molar-refractivity contribution in [2.24, 2.45) is 5.41 Å². The van der Waals surface area contributed by atoms with Gasteiger partial charge in [-0.2, -0.15) is 0 Å². The Labute approximate surface area is 112 Å². The fourth-order valence-electron chi connectivity index (χ4n) is 2.99. The van der Waals surface area contributed by atoms with Crippen LogP contribution in [0.15, 0.2) is 6.07 Å². The fourth-order valence-corrected chi connectivity index (χ4v) is 3.34. The zero-order valence-electron chi connectivity index (χ0n) is 10.8. The summed E-state index contributed by atoms with van der Waals surface area (Å²) in [6.45, 7) is 5.00. The number of carbonyl (C=O) groups excluding carboxylic acids is 1. The number of hydrogen-bond acceptors (Lipinski definition) is 2. The Kier molecular flexibility index (Phi) is 2.67. The average molecular weight is 265 g/mol. The number of halogens is 1. The monoisotopic (exact) mass is 264 g/mol. The van der Waals surface area contributed by atoms with Crippen LogP contribution >= 0.6 is 11.6 Å². The van der Waals surface area contributed by atoms with Crippen LogP contribution in [0.3, 0.4) is 0 Å². The molecule has 18 heavy (non-hydrogen) atoms. The maximum absolute atomic E-state index is 12.4. The van der Waals surface area contributed by atoms with E-state index < -0.39 is 0 Å². The van der Waals surface area contributed by atoms with Gasteiger partial charge < -0.3 is 4.74 Å². The molecule has 0 radical (unpaired) electrons. The molecule has 0 saturated heterocycles. The molecule has 2 aliphatic rings. The SMILES string of the molecule is CC1(C)CCc2c3c(cc(Cl)c2C(=O)C1)CCO3. The van der Waals surface area contributed by atoms with Gasteiger partial charge in [-0.15, -0.1) is 0 Å². The molecular formula is C15H17ClO2. The van der Waals surface area contributed by atoms with Crippen LogP contribution in [0, 0.1) is 5.41 Å². The first-order chi connectivity index (χ1) is 8.48. The normalized spacial score (nSPS) is 20.9. The molecule has 3 rings (SSSR count). The minimum atomic E-state index is 0.0465. The van der Waals surface area contributed by atoms with E-state index in [4.69, 9.17) is 16.3 Å². The van der Waals surface area contributed by atoms with Crippen molar-refractivity contribution in [3.8, 4) is 5.75 Å². The molecule has 0 N–H and O–H groups in total. The quantitative estimate of drug-likeness (QED) is 0.666. The maximum atomic E-state index is 12.4. The highest BCUT2D eigenvalue weighted by Gasteiger charge is 2.33. The number of rotatable bonds is 0. The summed E-state index contributed by atoms with van der Waals surface area (Å²) in [5.41, 5.74) is 2.96. The van der Waals surface area contributed by atoms with Gasteiger partial charge in [-0.1, -0.05) is 25.4 Å². The Morgan fingerprint density at radius 2 is 2.11 bits per heavy atom. The molecule has 0 fully saturated rings. The molecule has 1 aromatic carbocycles. The van der Waals surface area contributed by atoms with Crippen molar-refractivity contribution in [3.63, 3.8) is 0 Å². The number of carbonyl (C=O) groups is 1. The molecule has 1 aromatic rings. The van der Waals surface area contributed by atoms with Gasteiger partial charge in [-0.05, 0) is 29.9 Å². The molecule has 3 heteroatoms. The Morgan fingerprint density at radius 1 is 1.33 bits per heavy atom. The van der Waals surface area contributed by atoms with Gasteiger partial charge in [-0.25, -0.2) is 0 Å². The van der Waals surface area contributed by atoms with Gasteiger partial charge in [0.2, 0.25) is 0 Å². The third-order valence-electron chi connectivity index (χ3n) is 3.99. The third-order valence-corrected chi connectivity index (χ3v) is 4.29. The van der Waals surface area contributed by atoms with E-state index in [0.717, 1.165) is 36.1 Å². The summed E-state index contributed by atoms with van der Waals surface area (Å²) in [5, 5.41) is 0.608. The van der Waals surface area contributed by atoms with Crippen molar-refractivity contribution in [3.05, 3.63) is 27.8 Å². The summed E-state index contributed by atoms with van der Waals surface area (Å²) in [6, 6.07) is 1.92. The van der Waals surface area contributed by atoms with E-state index in [1.165, 1.54) is 0 Å². The van der Waals surface area contributed by atoms with Crippen LogP contribution in [-0.4, -0.2) is 12.4 Å². The summed E-state index contributed by atoms with van der Waals surface area (Å²) in [4.78, 5) is 12.4. The van der Waals surface area contributed by atoms with E-state index in [0.29, 0.717) is 23.6 Å². The molecule has 1 heterocycles. The van der Waals surface area contributed by atoms with Crippen LogP contribution < -0.4 is 4.74 Å². The summed E-state index contributed by atoms with van der Waals surface area (Å²) >= 11 is 6.31. The van der Waals surface area contributed by atoms with Crippen LogP contribution in [0.1, 0.15) is 48.2 Å². The van der Waals surface area contributed by atoms with Gasteiger partial charge in [0.25, 0.3) is 0 Å². The van der Waals surface area contributed by atoms with Gasteiger partial charge in [0, 0.05) is 24.0 Å². The zero-order chi connectivity index (χ0) is 12.9. The van der Waals surface area contributed by atoms with E-state index in [1.807, 2.05) is 6.07 Å². The maximum Gasteiger partial charge on any atom is 0.165 e. The lowest BCUT2D eigenvalue weighted by Gasteiger charge is -2.20. The van der Waals surface area contributed by atoms with Gasteiger partial charge in [0.1, 0.15) is 5.75 Å². The molecule has 1 aliphatic heterocycles. The predicted octanol–water partition coefficient (Wildman–Crippen LogP) is 3.82. The lowest BCUT2D eigenvalue weighted by Crippen LogP contribution is -2.14. The number of hydrogen-bond donors (Lipinski definition) is 0. The summed E-state index contributed by atoms with van der Waals surface area (Å²) in [5.74, 6) is 1.09. The Morgan fingerprint density at radius 3 is 2.89 bits per heavy atom. The number of ether oxygens (including phenoxy) is 1. The molecule has 1 aliphatic carbocycles. The van der Waals surface area contributed by atoms with E-state index in [1.54, 1.807) is 0 Å². The van der Waals surface area contributed by atoms with Crippen molar-refractivity contribution >= 4 is 17.4 Å². The first-order valence-corrected chi connectivity index (χ1v) is 6.86. The van der Waals surface area contributed by atoms with Crippen LogP contribution in [0.2, 0.25) is 5.02 Å². The molecule has 0 spiro atoms. The highest BCUT2D eigenvalue weighted by atomic mass is 35.5. The second-order valence-electron chi connectivity index (χ2n) is 6.06. The second-order valence-corrected chi connectivity index (χ2v) is 6.47. The molecule has 0 amide bonds. The smallest absolute Gasteiger partial charge is 0.165 e.